The zero-order chi connectivity index (χ0) is 24.4. The molecule has 0 aromatic carbocycles. The Morgan fingerprint density at radius 1 is 1.15 bits per heavy atom. The van der Waals surface area contributed by atoms with E-state index in [-0.39, 0.29) is 28.3 Å². The molecule has 4 aliphatic rings. The van der Waals surface area contributed by atoms with Gasteiger partial charge in [-0.15, -0.1) is 0 Å². The van der Waals surface area contributed by atoms with E-state index in [1.54, 1.807) is 0 Å². The molecule has 0 unspecified atom stereocenters. The topological polar surface area (TPSA) is 46.5 Å². The van der Waals surface area contributed by atoms with Gasteiger partial charge >= 0.3 is 5.97 Å². The molecule has 3 heteroatoms. The molecule has 4 rings (SSSR count). The average Bonchev–Trinajstić information content (AvgIpc) is 3.22. The number of aliphatic carboxylic acids is 1. The Bertz CT molecular complexity index is 894. The molecule has 0 bridgehead atoms. The largest absolute Gasteiger partial charge is 0.481 e. The molecule has 184 valence electrons. The van der Waals surface area contributed by atoms with Crippen molar-refractivity contribution in [3.8, 4) is 0 Å². The number of ether oxygens (including phenoxy) is 1. The van der Waals surface area contributed by atoms with Crippen molar-refractivity contribution in [3.05, 3.63) is 35.5 Å². The fourth-order valence-electron chi connectivity index (χ4n) is 8.47. The van der Waals surface area contributed by atoms with E-state index in [1.807, 2.05) is 0 Å². The molecule has 0 amide bonds. The van der Waals surface area contributed by atoms with E-state index in [0.29, 0.717) is 30.3 Å². The summed E-state index contributed by atoms with van der Waals surface area (Å²) < 4.78 is 6.52. The number of carboxylic acids is 1. The zero-order valence-corrected chi connectivity index (χ0v) is 22.1. The van der Waals surface area contributed by atoms with Crippen LogP contribution in [0.5, 0.6) is 0 Å². The first-order chi connectivity index (χ1) is 15.3. The van der Waals surface area contributed by atoms with Gasteiger partial charge in [-0.25, -0.2) is 0 Å². The first kappa shape index (κ1) is 24.8. The molecule has 7 atom stereocenters. The summed E-state index contributed by atoms with van der Waals surface area (Å²) in [5.41, 5.74) is 4.32. The van der Waals surface area contributed by atoms with Crippen molar-refractivity contribution >= 4 is 5.97 Å². The summed E-state index contributed by atoms with van der Waals surface area (Å²) in [5, 5.41) is 9.49. The number of hydrogen-bond donors (Lipinski definition) is 1. The van der Waals surface area contributed by atoms with Crippen molar-refractivity contribution in [2.75, 3.05) is 0 Å². The Labute approximate surface area is 201 Å². The molecular weight excluding hydrogens is 408 g/mol. The van der Waals surface area contributed by atoms with Crippen LogP contribution in [0.25, 0.3) is 0 Å². The summed E-state index contributed by atoms with van der Waals surface area (Å²) in [7, 11) is 0. The Morgan fingerprint density at radius 2 is 1.85 bits per heavy atom. The van der Waals surface area contributed by atoms with Gasteiger partial charge in [0.25, 0.3) is 0 Å². The lowest BCUT2D eigenvalue weighted by Gasteiger charge is -2.56. The van der Waals surface area contributed by atoms with Gasteiger partial charge in [0.1, 0.15) is 0 Å². The van der Waals surface area contributed by atoms with Crippen LogP contribution in [0.2, 0.25) is 0 Å². The maximum Gasteiger partial charge on any atom is 0.303 e. The van der Waals surface area contributed by atoms with Crippen LogP contribution in [0.4, 0.5) is 0 Å². The first-order valence-corrected chi connectivity index (χ1v) is 13.2. The fraction of sp³-hybridized carbons (Fsp3) is 0.767. The molecule has 1 aliphatic heterocycles. The lowest BCUT2D eigenvalue weighted by molar-refractivity contribution is -0.137. The van der Waals surface area contributed by atoms with Gasteiger partial charge in [-0.05, 0) is 111 Å². The van der Waals surface area contributed by atoms with Crippen molar-refractivity contribution in [2.24, 2.45) is 34.0 Å². The standard InChI is InChI=1S/C30H46O3/c1-19(2)21-9-10-24-23(28(21,6)16-14-26(31)32)12-18-29(7)22(11-17-30(24,29)8)20(3)25-13-15-27(4,5)33-25/h10,12,20-22,25H,1,9,11,13-18H2,2-8H3,(H,31,32)/t20-,21-,22+,25+,28-,29+,30-/m0/s1. The van der Waals surface area contributed by atoms with Crippen molar-refractivity contribution in [1.82, 2.24) is 0 Å². The highest BCUT2D eigenvalue weighted by Crippen LogP contribution is 2.70. The normalized spacial score (nSPS) is 42.7. The molecule has 1 saturated heterocycles. The summed E-state index contributed by atoms with van der Waals surface area (Å²) in [5.74, 6) is 0.808. The van der Waals surface area contributed by atoms with Gasteiger partial charge in [0, 0.05) is 6.42 Å². The van der Waals surface area contributed by atoms with Crippen molar-refractivity contribution in [1.29, 1.82) is 0 Å². The second kappa shape index (κ2) is 8.11. The predicted molar refractivity (Wildman–Crippen MR) is 135 cm³/mol. The van der Waals surface area contributed by atoms with Crippen LogP contribution in [0, 0.1) is 34.0 Å². The Balaban J connectivity index is 1.69. The lowest BCUT2D eigenvalue weighted by Crippen LogP contribution is -2.48. The minimum atomic E-state index is -0.700. The van der Waals surface area contributed by atoms with Crippen LogP contribution >= 0.6 is 0 Å². The molecule has 1 saturated carbocycles. The summed E-state index contributed by atoms with van der Waals surface area (Å²) >= 11 is 0. The van der Waals surface area contributed by atoms with E-state index in [1.165, 1.54) is 36.0 Å². The van der Waals surface area contributed by atoms with E-state index in [2.05, 4.69) is 67.2 Å². The van der Waals surface area contributed by atoms with Gasteiger partial charge in [0.05, 0.1) is 11.7 Å². The maximum absolute atomic E-state index is 11.5. The van der Waals surface area contributed by atoms with Gasteiger partial charge in [-0.1, -0.05) is 52.0 Å². The monoisotopic (exact) mass is 454 g/mol. The molecule has 0 spiro atoms. The summed E-state index contributed by atoms with van der Waals surface area (Å²) in [6.45, 7) is 20.7. The summed E-state index contributed by atoms with van der Waals surface area (Å²) in [6.07, 6.45) is 13.1. The van der Waals surface area contributed by atoms with Crippen LogP contribution in [-0.4, -0.2) is 22.8 Å². The van der Waals surface area contributed by atoms with Crippen LogP contribution in [-0.2, 0) is 9.53 Å². The third-order valence-corrected chi connectivity index (χ3v) is 10.8. The number of hydrogen-bond acceptors (Lipinski definition) is 2. The number of rotatable bonds is 6. The molecule has 33 heavy (non-hydrogen) atoms. The quantitative estimate of drug-likeness (QED) is 0.418. The fourth-order valence-corrected chi connectivity index (χ4v) is 8.47. The highest BCUT2D eigenvalue weighted by molar-refractivity contribution is 5.67. The second-order valence-electron chi connectivity index (χ2n) is 13.1. The third kappa shape index (κ3) is 3.77. The van der Waals surface area contributed by atoms with E-state index in [4.69, 9.17) is 4.74 Å². The van der Waals surface area contributed by atoms with E-state index in [0.717, 1.165) is 19.3 Å². The van der Waals surface area contributed by atoms with Gasteiger partial charge in [-0.3, -0.25) is 4.79 Å². The van der Waals surface area contributed by atoms with Gasteiger partial charge in [-0.2, -0.15) is 0 Å². The SMILES string of the molecule is C=C(C)[C@@H]1CC=C2C(=CC[C@]3(C)[C@@H]([C@H](C)[C@H]4CCC(C)(C)O4)CC[C@@]23C)[C@@]1(C)CCC(=O)O. The summed E-state index contributed by atoms with van der Waals surface area (Å²) in [4.78, 5) is 11.5. The van der Waals surface area contributed by atoms with Crippen LogP contribution in [0.1, 0.15) is 99.8 Å². The third-order valence-electron chi connectivity index (χ3n) is 10.8. The lowest BCUT2D eigenvalue weighted by atomic mass is 9.48. The van der Waals surface area contributed by atoms with Crippen molar-refractivity contribution in [3.63, 3.8) is 0 Å². The molecule has 0 radical (unpaired) electrons. The number of carboxylic acid groups (broad SMARTS) is 1. The molecule has 1 N–H and O–H groups in total. The Morgan fingerprint density at radius 3 is 2.42 bits per heavy atom. The number of fused-ring (bicyclic) bond motifs is 3. The first-order valence-electron chi connectivity index (χ1n) is 13.2. The minimum Gasteiger partial charge on any atom is -0.481 e. The van der Waals surface area contributed by atoms with Gasteiger partial charge in [0.15, 0.2) is 0 Å². The number of allylic oxidation sites excluding steroid dienone is 5. The van der Waals surface area contributed by atoms with E-state index in [9.17, 15) is 9.90 Å². The Kier molecular flexibility index (Phi) is 6.08. The van der Waals surface area contributed by atoms with E-state index >= 15 is 0 Å². The molecule has 0 aromatic rings. The van der Waals surface area contributed by atoms with Crippen molar-refractivity contribution < 1.29 is 14.6 Å². The second-order valence-corrected chi connectivity index (χ2v) is 13.1. The van der Waals surface area contributed by atoms with Crippen molar-refractivity contribution in [2.45, 2.75) is 112 Å². The zero-order valence-electron chi connectivity index (χ0n) is 22.1. The average molecular weight is 455 g/mol. The summed E-state index contributed by atoms with van der Waals surface area (Å²) in [6, 6.07) is 0. The molecule has 3 nitrogen and oxygen atoms in total. The molecule has 0 aromatic heterocycles. The molecule has 2 fully saturated rings. The highest BCUT2D eigenvalue weighted by atomic mass is 16.5. The van der Waals surface area contributed by atoms with Crippen LogP contribution < -0.4 is 0 Å². The van der Waals surface area contributed by atoms with Crippen LogP contribution in [0.3, 0.4) is 0 Å². The number of carbonyl (C=O) groups is 1. The molecule has 1 heterocycles. The minimum absolute atomic E-state index is 0.0107. The highest BCUT2D eigenvalue weighted by Gasteiger charge is 2.62. The molecular formula is C30H46O3. The van der Waals surface area contributed by atoms with E-state index < -0.39 is 5.97 Å². The Hall–Kier alpha value is -1.35. The van der Waals surface area contributed by atoms with Crippen LogP contribution in [0.15, 0.2) is 35.5 Å². The predicted octanol–water partition coefficient (Wildman–Crippen LogP) is 7.73. The van der Waals surface area contributed by atoms with Gasteiger partial charge in [0.2, 0.25) is 0 Å². The molecule has 3 aliphatic carbocycles. The van der Waals surface area contributed by atoms with Gasteiger partial charge < -0.3 is 9.84 Å². The maximum atomic E-state index is 11.5. The smallest absolute Gasteiger partial charge is 0.303 e.